The third-order valence-electron chi connectivity index (χ3n) is 6.34. The lowest BCUT2D eigenvalue weighted by molar-refractivity contribution is 0.224. The van der Waals surface area contributed by atoms with Crippen molar-refractivity contribution in [1.29, 1.82) is 0 Å². The topological polar surface area (TPSA) is 94.7 Å². The highest BCUT2D eigenvalue weighted by molar-refractivity contribution is 5.70. The molecule has 8 heteroatoms. The van der Waals surface area contributed by atoms with E-state index in [1.807, 2.05) is 48.6 Å². The number of furan rings is 1. The van der Waals surface area contributed by atoms with Crippen LogP contribution in [-0.4, -0.2) is 38.6 Å². The van der Waals surface area contributed by atoms with Crippen LogP contribution in [0.25, 0.3) is 23.2 Å². The van der Waals surface area contributed by atoms with Crippen molar-refractivity contribution in [2.75, 3.05) is 21.3 Å². The van der Waals surface area contributed by atoms with E-state index < -0.39 is 0 Å². The second kappa shape index (κ2) is 8.57. The summed E-state index contributed by atoms with van der Waals surface area (Å²) in [6.07, 6.45) is 7.66. The summed E-state index contributed by atoms with van der Waals surface area (Å²) in [6, 6.07) is 12.5. The molecule has 182 valence electrons. The first-order chi connectivity index (χ1) is 17.5. The van der Waals surface area contributed by atoms with Crippen LogP contribution in [0.15, 0.2) is 81.5 Å². The van der Waals surface area contributed by atoms with Crippen molar-refractivity contribution in [3.63, 3.8) is 0 Å². The van der Waals surface area contributed by atoms with Crippen molar-refractivity contribution in [3.05, 3.63) is 88.4 Å². The molecule has 0 fully saturated rings. The molecule has 0 aliphatic carbocycles. The first-order valence-electron chi connectivity index (χ1n) is 11.4. The van der Waals surface area contributed by atoms with Crippen molar-refractivity contribution >= 4 is 11.8 Å². The summed E-state index contributed by atoms with van der Waals surface area (Å²) in [5.74, 6) is 3.49. The molecule has 4 heterocycles. The molecular formula is C28H24N2O6. The van der Waals surface area contributed by atoms with E-state index in [0.29, 0.717) is 34.0 Å². The molecule has 36 heavy (non-hydrogen) atoms. The molecule has 6 rings (SSSR count). The van der Waals surface area contributed by atoms with E-state index in [0.717, 1.165) is 28.1 Å². The Hall–Kier alpha value is -4.59. The van der Waals surface area contributed by atoms with E-state index in [1.165, 1.54) is 0 Å². The number of nitrogens with zero attached hydrogens (tertiary/aromatic N) is 1. The average molecular weight is 485 g/mol. The minimum absolute atomic E-state index is 0.0399. The largest absolute Gasteiger partial charge is 0.507 e. The number of aromatic hydroxyl groups is 1. The summed E-state index contributed by atoms with van der Waals surface area (Å²) < 4.78 is 28.3. The van der Waals surface area contributed by atoms with Crippen LogP contribution in [-0.2, 0) is 4.74 Å². The van der Waals surface area contributed by atoms with E-state index in [2.05, 4.69) is 5.32 Å². The van der Waals surface area contributed by atoms with Gasteiger partial charge >= 0.3 is 0 Å². The fourth-order valence-electron chi connectivity index (χ4n) is 4.54. The Morgan fingerprint density at radius 1 is 0.944 bits per heavy atom. The first-order valence-corrected chi connectivity index (χ1v) is 11.4. The zero-order valence-corrected chi connectivity index (χ0v) is 19.9. The molecule has 0 amide bonds. The van der Waals surface area contributed by atoms with Crippen molar-refractivity contribution in [1.82, 2.24) is 5.32 Å². The second-order valence-corrected chi connectivity index (χ2v) is 8.54. The van der Waals surface area contributed by atoms with E-state index in [-0.39, 0.29) is 17.9 Å². The van der Waals surface area contributed by atoms with Gasteiger partial charge in [0.2, 0.25) is 0 Å². The van der Waals surface area contributed by atoms with Crippen LogP contribution in [0.1, 0.15) is 5.56 Å². The number of rotatable bonds is 6. The Kier molecular flexibility index (Phi) is 5.21. The van der Waals surface area contributed by atoms with Gasteiger partial charge in [-0.1, -0.05) is 0 Å². The highest BCUT2D eigenvalue weighted by Gasteiger charge is 2.34. The molecule has 3 aromatic rings. The molecule has 3 aliphatic heterocycles. The monoisotopic (exact) mass is 484 g/mol. The summed E-state index contributed by atoms with van der Waals surface area (Å²) >= 11 is 0. The third kappa shape index (κ3) is 3.76. The molecular weight excluding hydrogens is 460 g/mol. The lowest BCUT2D eigenvalue weighted by atomic mass is 10.1. The molecule has 2 atom stereocenters. The summed E-state index contributed by atoms with van der Waals surface area (Å²) in [7, 11) is 4.84. The molecule has 0 spiro atoms. The number of phenolic OH excluding ortho intramolecular Hbond substituents is 1. The average Bonchev–Trinajstić information content (AvgIpc) is 3.64. The Bertz CT molecular complexity index is 1540. The van der Waals surface area contributed by atoms with E-state index in [1.54, 1.807) is 39.5 Å². The lowest BCUT2D eigenvalue weighted by Crippen LogP contribution is -2.26. The maximum atomic E-state index is 10.2. The second-order valence-electron chi connectivity index (χ2n) is 8.54. The van der Waals surface area contributed by atoms with Gasteiger partial charge in [0.05, 0.1) is 44.2 Å². The van der Waals surface area contributed by atoms with Gasteiger partial charge in [0.15, 0.2) is 5.42 Å². The maximum absolute atomic E-state index is 10.2. The number of ether oxygens (including phenoxy) is 4. The predicted octanol–water partition coefficient (Wildman–Crippen LogP) is 3.27. The fraction of sp³-hybridized carbons (Fsp3) is 0.179. The van der Waals surface area contributed by atoms with Gasteiger partial charge in [-0.3, -0.25) is 0 Å². The Labute approximate surface area is 207 Å². The Morgan fingerprint density at radius 2 is 1.72 bits per heavy atom. The quantitative estimate of drug-likeness (QED) is 0.555. The number of hydrogen-bond acceptors (Lipinski definition) is 8. The number of benzene rings is 2. The lowest BCUT2D eigenvalue weighted by Gasteiger charge is -2.11. The van der Waals surface area contributed by atoms with E-state index in [4.69, 9.17) is 28.4 Å². The minimum atomic E-state index is -0.179. The molecule has 0 radical (unpaired) electrons. The predicted molar refractivity (Wildman–Crippen MR) is 133 cm³/mol. The minimum Gasteiger partial charge on any atom is -0.507 e. The smallest absolute Gasteiger partial charge is 0.155 e. The number of fused-ring (bicyclic) bond motifs is 2. The number of methoxy groups -OCH3 is 3. The number of allylic oxidation sites excluding steroid dienone is 2. The molecule has 0 saturated heterocycles. The molecule has 0 bridgehead atoms. The summed E-state index contributed by atoms with van der Waals surface area (Å²) in [6.45, 7) is 0. The van der Waals surface area contributed by atoms with Crippen LogP contribution in [0, 0.1) is 0 Å². The van der Waals surface area contributed by atoms with Crippen molar-refractivity contribution in [3.8, 4) is 34.3 Å². The summed E-state index contributed by atoms with van der Waals surface area (Å²) in [5.41, 5.74) is 3.78. The highest BCUT2D eigenvalue weighted by atomic mass is 16.5. The summed E-state index contributed by atoms with van der Waals surface area (Å²) in [4.78, 5) is 4.70. The summed E-state index contributed by atoms with van der Waals surface area (Å²) in [5, 5.41) is 14.4. The van der Waals surface area contributed by atoms with Crippen molar-refractivity contribution in [2.24, 2.45) is 4.99 Å². The Morgan fingerprint density at radius 3 is 2.44 bits per heavy atom. The van der Waals surface area contributed by atoms with Gasteiger partial charge in [-0.15, -0.1) is 0 Å². The van der Waals surface area contributed by atoms with Crippen molar-refractivity contribution in [2.45, 2.75) is 12.1 Å². The van der Waals surface area contributed by atoms with Gasteiger partial charge in [-0.25, -0.2) is 4.99 Å². The first kappa shape index (κ1) is 21.9. The van der Waals surface area contributed by atoms with Crippen LogP contribution in [0.2, 0.25) is 0 Å². The number of nitrogens with one attached hydrogen (secondary N) is 1. The third-order valence-corrected chi connectivity index (χ3v) is 6.34. The molecule has 1 aromatic heterocycles. The molecule has 2 aromatic carbocycles. The van der Waals surface area contributed by atoms with Gasteiger partial charge in [-0.2, -0.15) is 0 Å². The zero-order valence-electron chi connectivity index (χ0n) is 19.9. The van der Waals surface area contributed by atoms with E-state index in [9.17, 15) is 5.11 Å². The van der Waals surface area contributed by atoms with Gasteiger partial charge in [0.1, 0.15) is 46.0 Å². The molecule has 8 nitrogen and oxygen atoms in total. The maximum Gasteiger partial charge on any atom is 0.155 e. The molecule has 2 N–H and O–H groups in total. The van der Waals surface area contributed by atoms with Gasteiger partial charge in [0, 0.05) is 17.8 Å². The zero-order chi connectivity index (χ0) is 24.8. The van der Waals surface area contributed by atoms with Crippen LogP contribution in [0.4, 0.5) is 0 Å². The van der Waals surface area contributed by atoms with Crippen LogP contribution >= 0.6 is 0 Å². The van der Waals surface area contributed by atoms with Gasteiger partial charge in [0.25, 0.3) is 0 Å². The number of phenols is 1. The number of hydrogen-bond donors (Lipinski definition) is 2. The highest BCUT2D eigenvalue weighted by Crippen LogP contribution is 2.37. The van der Waals surface area contributed by atoms with Crippen molar-refractivity contribution < 1.29 is 28.5 Å². The molecule has 3 aliphatic rings. The molecule has 0 saturated carbocycles. The standard InChI is InChI=1S/C28H24N2O6/c1-32-17-4-6-23(31)19(11-17)25-13-21-27(35-25)9-15(29-21)8-16-10-28-22(30-16)14-26(36-28)20-12-18(33-2)5-7-24(20)34-3/h4-14,21,27,29,31H,1-3H3/b16-8-. The normalized spacial score (nSPS) is 20.4. The SMILES string of the molecule is COc1ccc(O)c(C2=CC3NC(/C=C4/C=c5oc(-c6cc(OC)ccc6OC)cc5=N4)=CC3O2)c1. The molecule has 2 unspecified atom stereocenters. The van der Waals surface area contributed by atoms with E-state index >= 15 is 0 Å². The van der Waals surface area contributed by atoms with Crippen LogP contribution < -0.4 is 30.3 Å². The van der Waals surface area contributed by atoms with Crippen LogP contribution in [0.5, 0.6) is 23.0 Å². The van der Waals surface area contributed by atoms with Crippen LogP contribution in [0.3, 0.4) is 0 Å². The van der Waals surface area contributed by atoms with Gasteiger partial charge < -0.3 is 33.8 Å². The van der Waals surface area contributed by atoms with Gasteiger partial charge in [-0.05, 0) is 54.6 Å². The Balaban J connectivity index is 1.20. The fourth-order valence-corrected chi connectivity index (χ4v) is 4.54.